The molecule has 7 heteroatoms. The second-order valence-corrected chi connectivity index (χ2v) is 5.18. The fourth-order valence-electron chi connectivity index (χ4n) is 1.65. The van der Waals surface area contributed by atoms with Gasteiger partial charge in [-0.3, -0.25) is 9.78 Å². The lowest BCUT2D eigenvalue weighted by Crippen LogP contribution is -2.30. The minimum atomic E-state index is -1.12. The van der Waals surface area contributed by atoms with Gasteiger partial charge in [0, 0.05) is 17.6 Å². The highest BCUT2D eigenvalue weighted by atomic mass is 32.1. The van der Waals surface area contributed by atoms with E-state index in [1.54, 1.807) is 11.3 Å². The normalized spacial score (nSPS) is 10.1. The summed E-state index contributed by atoms with van der Waals surface area (Å²) in [7, 11) is 0. The van der Waals surface area contributed by atoms with Crippen LogP contribution in [0.3, 0.4) is 0 Å². The quantitative estimate of drug-likeness (QED) is 0.811. The lowest BCUT2D eigenvalue weighted by molar-refractivity contribution is -0.123. The number of carbonyl (C=O) groups is 2. The molecule has 0 saturated carbocycles. The van der Waals surface area contributed by atoms with Gasteiger partial charge in [0.2, 0.25) is 0 Å². The Hall–Kier alpha value is -2.41. The molecule has 0 aliphatic carbocycles. The van der Waals surface area contributed by atoms with Crippen LogP contribution >= 0.6 is 11.3 Å². The van der Waals surface area contributed by atoms with Gasteiger partial charge in [0.25, 0.3) is 5.91 Å². The van der Waals surface area contributed by atoms with E-state index in [1.807, 2.05) is 17.5 Å². The van der Waals surface area contributed by atoms with Crippen molar-refractivity contribution in [1.29, 1.82) is 0 Å². The topological polar surface area (TPSA) is 88.5 Å². The van der Waals surface area contributed by atoms with Gasteiger partial charge in [-0.15, -0.1) is 11.3 Å². The average Bonchev–Trinajstić information content (AvgIpc) is 2.98. The van der Waals surface area contributed by atoms with Crippen LogP contribution in [0.5, 0.6) is 5.75 Å². The Morgan fingerprint density at radius 1 is 1.38 bits per heavy atom. The number of aromatic nitrogens is 1. The SMILES string of the molecule is O=C(COc1cnccc1C(=O)O)NCCc1cccs1. The standard InChI is InChI=1S/C14H14N2O4S/c17-13(16-6-3-10-2-1-7-21-10)9-20-12-8-15-5-4-11(12)14(18)19/h1-2,4-5,7-8H,3,6,9H2,(H,16,17)(H,18,19). The molecule has 1 amide bonds. The number of nitrogens with zero attached hydrogens (tertiary/aromatic N) is 1. The summed E-state index contributed by atoms with van der Waals surface area (Å²) in [4.78, 5) is 27.6. The molecule has 0 fully saturated rings. The van der Waals surface area contributed by atoms with Gasteiger partial charge in [-0.25, -0.2) is 4.79 Å². The van der Waals surface area contributed by atoms with Crippen LogP contribution in [-0.4, -0.2) is 35.1 Å². The van der Waals surface area contributed by atoms with E-state index in [4.69, 9.17) is 9.84 Å². The molecule has 0 aromatic carbocycles. The summed E-state index contributed by atoms with van der Waals surface area (Å²) in [5.41, 5.74) is -0.0172. The minimum Gasteiger partial charge on any atom is -0.481 e. The Bertz CT molecular complexity index is 613. The van der Waals surface area contributed by atoms with Crippen LogP contribution in [0.1, 0.15) is 15.2 Å². The first kappa shape index (κ1) is 15.0. The van der Waals surface area contributed by atoms with Crippen LogP contribution in [0.2, 0.25) is 0 Å². The van der Waals surface area contributed by atoms with Gasteiger partial charge in [0.15, 0.2) is 12.4 Å². The lowest BCUT2D eigenvalue weighted by Gasteiger charge is -2.08. The Morgan fingerprint density at radius 3 is 2.95 bits per heavy atom. The maximum Gasteiger partial charge on any atom is 0.339 e. The summed E-state index contributed by atoms with van der Waals surface area (Å²) in [6.07, 6.45) is 3.40. The molecule has 0 radical (unpaired) electrons. The van der Waals surface area contributed by atoms with Crippen LogP contribution in [-0.2, 0) is 11.2 Å². The summed E-state index contributed by atoms with van der Waals surface area (Å²) >= 11 is 1.63. The van der Waals surface area contributed by atoms with Crippen LogP contribution in [0.4, 0.5) is 0 Å². The van der Waals surface area contributed by atoms with Gasteiger partial charge in [-0.1, -0.05) is 6.07 Å². The number of carboxylic acid groups (broad SMARTS) is 1. The summed E-state index contributed by atoms with van der Waals surface area (Å²) in [5, 5.41) is 13.7. The van der Waals surface area contributed by atoms with Gasteiger partial charge in [-0.2, -0.15) is 0 Å². The second-order valence-electron chi connectivity index (χ2n) is 4.14. The van der Waals surface area contributed by atoms with Gasteiger partial charge in [0.05, 0.1) is 6.20 Å². The van der Waals surface area contributed by atoms with E-state index in [0.717, 1.165) is 6.42 Å². The van der Waals surface area contributed by atoms with Crippen molar-refractivity contribution in [2.75, 3.05) is 13.2 Å². The minimum absolute atomic E-state index is 0.0172. The zero-order valence-electron chi connectivity index (χ0n) is 11.1. The molecular formula is C14H14N2O4S. The number of ether oxygens (including phenoxy) is 1. The van der Waals surface area contributed by atoms with Crippen molar-refractivity contribution in [1.82, 2.24) is 10.3 Å². The number of hydrogen-bond acceptors (Lipinski definition) is 5. The van der Waals surface area contributed by atoms with Crippen molar-refractivity contribution >= 4 is 23.2 Å². The van der Waals surface area contributed by atoms with Crippen molar-refractivity contribution in [2.24, 2.45) is 0 Å². The molecule has 2 heterocycles. The maximum atomic E-state index is 11.6. The van der Waals surface area contributed by atoms with Crippen molar-refractivity contribution in [3.8, 4) is 5.75 Å². The van der Waals surface area contributed by atoms with Crippen molar-refractivity contribution < 1.29 is 19.4 Å². The number of carbonyl (C=O) groups excluding carboxylic acids is 1. The number of pyridine rings is 1. The zero-order valence-corrected chi connectivity index (χ0v) is 11.9. The Kier molecular flexibility index (Phi) is 5.28. The first-order chi connectivity index (χ1) is 10.2. The summed E-state index contributed by atoms with van der Waals surface area (Å²) in [6.45, 7) is 0.276. The second kappa shape index (κ2) is 7.39. The molecule has 0 unspecified atom stereocenters. The molecule has 2 aromatic heterocycles. The number of amides is 1. The van der Waals surface area contributed by atoms with E-state index in [2.05, 4.69) is 10.3 Å². The van der Waals surface area contributed by atoms with E-state index in [-0.39, 0.29) is 23.8 Å². The number of hydrogen-bond donors (Lipinski definition) is 2. The maximum absolute atomic E-state index is 11.6. The lowest BCUT2D eigenvalue weighted by atomic mass is 10.2. The summed E-state index contributed by atoms with van der Waals surface area (Å²) in [5.74, 6) is -1.34. The van der Waals surface area contributed by atoms with E-state index in [1.165, 1.54) is 23.3 Å². The van der Waals surface area contributed by atoms with Crippen LogP contribution in [0.25, 0.3) is 0 Å². The van der Waals surface area contributed by atoms with E-state index >= 15 is 0 Å². The Morgan fingerprint density at radius 2 is 2.24 bits per heavy atom. The van der Waals surface area contributed by atoms with Gasteiger partial charge in [0.1, 0.15) is 5.56 Å². The molecule has 2 rings (SSSR count). The number of carboxylic acids is 1. The van der Waals surface area contributed by atoms with Crippen LogP contribution in [0.15, 0.2) is 36.0 Å². The predicted octanol–water partition coefficient (Wildman–Crippen LogP) is 1.58. The average molecular weight is 306 g/mol. The Labute approximate surface area is 125 Å². The number of aromatic carboxylic acids is 1. The van der Waals surface area contributed by atoms with Gasteiger partial charge >= 0.3 is 5.97 Å². The molecule has 21 heavy (non-hydrogen) atoms. The molecule has 0 aliphatic heterocycles. The summed E-state index contributed by atoms with van der Waals surface area (Å²) in [6, 6.07) is 5.29. The Balaban J connectivity index is 1.77. The van der Waals surface area contributed by atoms with E-state index in [0.29, 0.717) is 6.54 Å². The molecule has 6 nitrogen and oxygen atoms in total. The smallest absolute Gasteiger partial charge is 0.339 e. The molecule has 0 aliphatic rings. The van der Waals surface area contributed by atoms with Gasteiger partial charge < -0.3 is 15.2 Å². The third-order valence-electron chi connectivity index (χ3n) is 2.65. The molecule has 0 bridgehead atoms. The third-order valence-corrected chi connectivity index (χ3v) is 3.58. The highest BCUT2D eigenvalue weighted by Gasteiger charge is 2.12. The first-order valence-corrected chi connectivity index (χ1v) is 7.14. The van der Waals surface area contributed by atoms with Crippen molar-refractivity contribution in [2.45, 2.75) is 6.42 Å². The first-order valence-electron chi connectivity index (χ1n) is 6.26. The predicted molar refractivity (Wildman–Crippen MR) is 77.7 cm³/mol. The van der Waals surface area contributed by atoms with Gasteiger partial charge in [-0.05, 0) is 23.9 Å². The van der Waals surface area contributed by atoms with E-state index < -0.39 is 5.97 Å². The molecule has 110 valence electrons. The molecule has 2 N–H and O–H groups in total. The van der Waals surface area contributed by atoms with Crippen LogP contribution < -0.4 is 10.1 Å². The molecule has 2 aromatic rings. The van der Waals surface area contributed by atoms with Crippen molar-refractivity contribution in [3.63, 3.8) is 0 Å². The van der Waals surface area contributed by atoms with Crippen molar-refractivity contribution in [3.05, 3.63) is 46.4 Å². The number of rotatable bonds is 7. The monoisotopic (exact) mass is 306 g/mol. The summed E-state index contributed by atoms with van der Waals surface area (Å²) < 4.78 is 5.20. The molecule has 0 spiro atoms. The van der Waals surface area contributed by atoms with E-state index in [9.17, 15) is 9.59 Å². The fourth-order valence-corrected chi connectivity index (χ4v) is 2.35. The number of nitrogens with one attached hydrogen (secondary N) is 1. The molecular weight excluding hydrogens is 292 g/mol. The highest BCUT2D eigenvalue weighted by molar-refractivity contribution is 7.09. The number of thiophene rings is 1. The largest absolute Gasteiger partial charge is 0.481 e. The highest BCUT2D eigenvalue weighted by Crippen LogP contribution is 2.15. The van der Waals surface area contributed by atoms with Crippen LogP contribution in [0, 0.1) is 0 Å². The third kappa shape index (κ3) is 4.57. The molecule has 0 atom stereocenters. The molecule has 0 saturated heterocycles. The zero-order chi connectivity index (χ0) is 15.1. The fraction of sp³-hybridized carbons (Fsp3) is 0.214.